The van der Waals surface area contributed by atoms with Crippen molar-refractivity contribution < 1.29 is 4.74 Å². The number of nitrogens with zero attached hydrogens (tertiary/aromatic N) is 4. The highest BCUT2D eigenvalue weighted by molar-refractivity contribution is 7.99. The molecule has 7 nitrogen and oxygen atoms in total. The predicted molar refractivity (Wildman–Crippen MR) is 109 cm³/mol. The minimum Gasteiger partial charge on any atom is -0.481 e. The Morgan fingerprint density at radius 1 is 1.11 bits per heavy atom. The van der Waals surface area contributed by atoms with Gasteiger partial charge in [0.25, 0.3) is 0 Å². The van der Waals surface area contributed by atoms with Crippen molar-refractivity contribution in [2.75, 3.05) is 12.4 Å². The minimum atomic E-state index is 0.0448. The lowest BCUT2D eigenvalue weighted by Crippen LogP contribution is -2.31. The molecule has 0 amide bonds. The zero-order chi connectivity index (χ0) is 19.1. The van der Waals surface area contributed by atoms with Gasteiger partial charge in [-0.1, -0.05) is 30.3 Å². The highest BCUT2D eigenvalue weighted by Crippen LogP contribution is 2.26. The molecule has 2 aromatic heterocycles. The first-order valence-electron chi connectivity index (χ1n) is 8.14. The fraction of sp³-hybridized carbons (Fsp3) is 0.167. The molecule has 0 saturated carbocycles. The number of hydrogen-bond acceptors (Lipinski definition) is 7. The molecule has 1 aromatic carbocycles. The molecular weight excluding hydrogens is 380 g/mol. The Balaban J connectivity index is 1.70. The third-order valence-electron chi connectivity index (χ3n) is 3.50. The number of benzene rings is 1. The van der Waals surface area contributed by atoms with Gasteiger partial charge < -0.3 is 15.4 Å². The number of rotatable bonds is 6. The fourth-order valence-electron chi connectivity index (χ4n) is 2.21. The maximum atomic E-state index is 5.39. The molecule has 0 saturated heterocycles. The van der Waals surface area contributed by atoms with Crippen molar-refractivity contribution in [1.82, 2.24) is 25.3 Å². The van der Waals surface area contributed by atoms with Crippen molar-refractivity contribution >= 4 is 35.0 Å². The third-order valence-corrected chi connectivity index (χ3v) is 4.53. The highest BCUT2D eigenvalue weighted by Gasteiger charge is 2.11. The summed E-state index contributed by atoms with van der Waals surface area (Å²) in [5, 5.41) is 7.88. The maximum absolute atomic E-state index is 5.39. The Morgan fingerprint density at radius 2 is 1.85 bits per heavy atom. The lowest BCUT2D eigenvalue weighted by Gasteiger charge is -2.17. The molecule has 0 bridgehead atoms. The second-order valence-electron chi connectivity index (χ2n) is 5.44. The van der Waals surface area contributed by atoms with Gasteiger partial charge in [0, 0.05) is 18.5 Å². The predicted octanol–water partition coefficient (Wildman–Crippen LogP) is 3.47. The number of thiocarbonyl (C=S) groups is 1. The molecule has 3 rings (SSSR count). The third kappa shape index (κ3) is 5.60. The van der Waals surface area contributed by atoms with Gasteiger partial charge in [0.2, 0.25) is 11.8 Å². The van der Waals surface area contributed by atoms with E-state index in [0.717, 1.165) is 5.56 Å². The van der Waals surface area contributed by atoms with E-state index < -0.39 is 0 Å². The van der Waals surface area contributed by atoms with Crippen LogP contribution in [0.3, 0.4) is 0 Å². The zero-order valence-electron chi connectivity index (χ0n) is 14.8. The summed E-state index contributed by atoms with van der Waals surface area (Å²) in [4.78, 5) is 17.1. The summed E-state index contributed by atoms with van der Waals surface area (Å²) in [6, 6.07) is 13.6. The van der Waals surface area contributed by atoms with E-state index >= 15 is 0 Å². The largest absolute Gasteiger partial charge is 0.481 e. The van der Waals surface area contributed by atoms with Gasteiger partial charge in [-0.25, -0.2) is 15.0 Å². The molecule has 9 heteroatoms. The van der Waals surface area contributed by atoms with E-state index in [1.165, 1.54) is 11.8 Å². The average Bonchev–Trinajstić information content (AvgIpc) is 2.69. The Bertz CT molecular complexity index is 895. The summed E-state index contributed by atoms with van der Waals surface area (Å²) in [7, 11) is 1.55. The van der Waals surface area contributed by atoms with Crippen LogP contribution in [0.25, 0.3) is 0 Å². The Hall–Kier alpha value is -2.78. The first kappa shape index (κ1) is 19.0. The van der Waals surface area contributed by atoms with Crippen LogP contribution >= 0.6 is 24.0 Å². The van der Waals surface area contributed by atoms with Crippen LogP contribution in [0, 0.1) is 0 Å². The number of ether oxygens (including phenoxy) is 1. The van der Waals surface area contributed by atoms with Crippen molar-refractivity contribution in [3.05, 3.63) is 60.4 Å². The van der Waals surface area contributed by atoms with Crippen LogP contribution in [0.15, 0.2) is 65.0 Å². The lowest BCUT2D eigenvalue weighted by atomic mass is 10.1. The molecule has 2 heterocycles. The molecule has 0 aliphatic heterocycles. The van der Waals surface area contributed by atoms with Crippen molar-refractivity contribution in [3.63, 3.8) is 0 Å². The van der Waals surface area contributed by atoms with Crippen molar-refractivity contribution in [1.29, 1.82) is 0 Å². The van der Waals surface area contributed by atoms with Crippen molar-refractivity contribution in [2.24, 2.45) is 0 Å². The van der Waals surface area contributed by atoms with Gasteiger partial charge in [-0.15, -0.1) is 0 Å². The van der Waals surface area contributed by atoms with E-state index in [-0.39, 0.29) is 6.04 Å². The molecule has 3 aromatic rings. The van der Waals surface area contributed by atoms with Crippen LogP contribution in [0.4, 0.5) is 5.95 Å². The molecule has 27 heavy (non-hydrogen) atoms. The fourth-order valence-corrected chi connectivity index (χ4v) is 3.18. The smallest absolute Gasteiger partial charge is 0.233 e. The number of methoxy groups -OCH3 is 1. The van der Waals surface area contributed by atoms with Crippen LogP contribution < -0.4 is 15.4 Å². The number of nitrogens with one attached hydrogen (secondary N) is 2. The van der Waals surface area contributed by atoms with Crippen LogP contribution in [-0.4, -0.2) is 32.2 Å². The molecule has 1 atom stereocenters. The van der Waals surface area contributed by atoms with Gasteiger partial charge >= 0.3 is 0 Å². The van der Waals surface area contributed by atoms with Gasteiger partial charge in [-0.2, -0.15) is 4.98 Å². The molecule has 2 N–H and O–H groups in total. The minimum absolute atomic E-state index is 0.0448. The van der Waals surface area contributed by atoms with E-state index in [4.69, 9.17) is 17.0 Å². The van der Waals surface area contributed by atoms with Crippen molar-refractivity contribution in [2.45, 2.75) is 23.1 Å². The van der Waals surface area contributed by atoms with E-state index in [1.807, 2.05) is 37.3 Å². The van der Waals surface area contributed by atoms with Crippen LogP contribution in [-0.2, 0) is 0 Å². The Kier molecular flexibility index (Phi) is 6.50. The number of anilines is 1. The first-order chi connectivity index (χ1) is 13.1. The second-order valence-corrected chi connectivity index (χ2v) is 6.83. The van der Waals surface area contributed by atoms with E-state index in [2.05, 4.69) is 30.6 Å². The van der Waals surface area contributed by atoms with E-state index in [0.29, 0.717) is 27.1 Å². The summed E-state index contributed by atoms with van der Waals surface area (Å²) < 4.78 is 5.26. The van der Waals surface area contributed by atoms with Crippen LogP contribution in [0.2, 0.25) is 0 Å². The molecule has 1 unspecified atom stereocenters. The van der Waals surface area contributed by atoms with Gasteiger partial charge in [0.1, 0.15) is 5.03 Å². The summed E-state index contributed by atoms with van der Waals surface area (Å²) in [5.74, 6) is 0.760. The molecule has 138 valence electrons. The molecule has 0 aliphatic rings. The molecule has 0 aliphatic carbocycles. The molecular formula is C18H18N6OS2. The summed E-state index contributed by atoms with van der Waals surface area (Å²) in [6.07, 6.45) is 3.36. The van der Waals surface area contributed by atoms with E-state index in [9.17, 15) is 0 Å². The number of aromatic nitrogens is 4. The van der Waals surface area contributed by atoms with Crippen LogP contribution in [0.5, 0.6) is 5.88 Å². The zero-order valence-corrected chi connectivity index (χ0v) is 16.4. The van der Waals surface area contributed by atoms with Gasteiger partial charge in [-0.3, -0.25) is 0 Å². The highest BCUT2D eigenvalue weighted by atomic mass is 32.2. The topological polar surface area (TPSA) is 84.9 Å². The average molecular weight is 399 g/mol. The SMILES string of the molecule is COc1cc(Sc2ncccn2)nc(NC(=S)NC(C)c2ccccc2)n1. The standard InChI is InChI=1S/C18H18N6OS2/c1-12(13-7-4-3-5-8-13)21-17(26)24-16-22-14(25-2)11-15(23-16)27-18-19-9-6-10-20-18/h3-12H,1-2H3,(H2,21,22,23,24,26). The van der Waals surface area contributed by atoms with Gasteiger partial charge in [0.05, 0.1) is 13.2 Å². The lowest BCUT2D eigenvalue weighted by molar-refractivity contribution is 0.396. The summed E-state index contributed by atoms with van der Waals surface area (Å²) in [6.45, 7) is 2.03. The summed E-state index contributed by atoms with van der Waals surface area (Å²) in [5.41, 5.74) is 1.13. The number of hydrogen-bond donors (Lipinski definition) is 2. The Morgan fingerprint density at radius 3 is 2.56 bits per heavy atom. The van der Waals surface area contributed by atoms with Crippen molar-refractivity contribution in [3.8, 4) is 5.88 Å². The summed E-state index contributed by atoms with van der Waals surface area (Å²) >= 11 is 6.70. The maximum Gasteiger partial charge on any atom is 0.233 e. The second kappa shape index (κ2) is 9.24. The first-order valence-corrected chi connectivity index (χ1v) is 9.37. The van der Waals surface area contributed by atoms with E-state index in [1.54, 1.807) is 31.6 Å². The molecule has 0 fully saturated rings. The molecule has 0 radical (unpaired) electrons. The molecule has 0 spiro atoms. The Labute approximate surface area is 167 Å². The quantitative estimate of drug-likeness (QED) is 0.368. The van der Waals surface area contributed by atoms with Crippen LogP contribution in [0.1, 0.15) is 18.5 Å². The van der Waals surface area contributed by atoms with Gasteiger partial charge in [0.15, 0.2) is 10.3 Å². The normalized spacial score (nSPS) is 11.5. The monoisotopic (exact) mass is 398 g/mol. The van der Waals surface area contributed by atoms with Gasteiger partial charge in [-0.05, 0) is 42.5 Å².